The molecule has 1 fully saturated rings. The number of carbonyl (C=O) groups excluding carboxylic acids is 2. The summed E-state index contributed by atoms with van der Waals surface area (Å²) >= 11 is 0. The van der Waals surface area contributed by atoms with Crippen LogP contribution < -0.4 is 4.72 Å². The van der Waals surface area contributed by atoms with E-state index in [-0.39, 0.29) is 22.8 Å². The Morgan fingerprint density at radius 2 is 2.00 bits per heavy atom. The van der Waals surface area contributed by atoms with Gasteiger partial charge >= 0.3 is 5.97 Å². The Morgan fingerprint density at radius 3 is 2.69 bits per heavy atom. The number of esters is 1. The molecular formula is C25H27N3O6S. The number of nitrogens with zero attached hydrogens (tertiary/aromatic N) is 2. The van der Waals surface area contributed by atoms with Crippen molar-refractivity contribution in [1.29, 1.82) is 0 Å². The number of ether oxygens (including phenoxy) is 1. The lowest BCUT2D eigenvalue weighted by Gasteiger charge is -2.29. The van der Waals surface area contributed by atoms with E-state index in [9.17, 15) is 18.0 Å². The van der Waals surface area contributed by atoms with Gasteiger partial charge in [-0.2, -0.15) is 0 Å². The molecule has 35 heavy (non-hydrogen) atoms. The molecule has 9 nitrogen and oxygen atoms in total. The van der Waals surface area contributed by atoms with Gasteiger partial charge in [0.05, 0.1) is 36.5 Å². The molecule has 1 aliphatic rings. The Morgan fingerprint density at radius 1 is 1.20 bits per heavy atom. The minimum absolute atomic E-state index is 0.000810. The third-order valence-corrected chi connectivity index (χ3v) is 7.37. The Kier molecular flexibility index (Phi) is 7.32. The summed E-state index contributed by atoms with van der Waals surface area (Å²) in [7, 11) is -2.50. The van der Waals surface area contributed by atoms with Crippen molar-refractivity contribution in [2.75, 3.05) is 13.7 Å². The molecule has 1 amide bonds. The Labute approximate surface area is 204 Å². The van der Waals surface area contributed by atoms with E-state index in [4.69, 9.17) is 9.15 Å². The van der Waals surface area contributed by atoms with Gasteiger partial charge in [0.25, 0.3) is 5.91 Å². The average Bonchev–Trinajstić information content (AvgIpc) is 3.61. The summed E-state index contributed by atoms with van der Waals surface area (Å²) < 4.78 is 38.2. The van der Waals surface area contributed by atoms with Crippen molar-refractivity contribution in [1.82, 2.24) is 14.6 Å². The first-order valence-corrected chi connectivity index (χ1v) is 12.7. The first-order valence-electron chi connectivity index (χ1n) is 11.3. The standard InChI is InChI=1S/C25H27N3O6S/c1-17(22-8-3-4-12-26-22)28(16-20-11-13-34-23(20)25(30)33-2)24(29)19-6-5-7-21(14-19)35(31,32)27-15-18-9-10-18/h3-8,11-14,17-18,27H,9-10,15-16H2,1-2H3. The Hall–Kier alpha value is -3.50. The predicted molar refractivity (Wildman–Crippen MR) is 127 cm³/mol. The molecule has 1 atom stereocenters. The fraction of sp³-hybridized carbons (Fsp3) is 0.320. The highest BCUT2D eigenvalue weighted by molar-refractivity contribution is 7.89. The smallest absolute Gasteiger partial charge is 0.374 e. The molecule has 0 bridgehead atoms. The summed E-state index contributed by atoms with van der Waals surface area (Å²) in [6.45, 7) is 2.23. The van der Waals surface area contributed by atoms with Gasteiger partial charge in [-0.25, -0.2) is 17.9 Å². The third-order valence-electron chi connectivity index (χ3n) is 5.95. The van der Waals surface area contributed by atoms with Crippen LogP contribution >= 0.6 is 0 Å². The van der Waals surface area contributed by atoms with Crippen molar-refractivity contribution in [2.24, 2.45) is 5.92 Å². The number of amides is 1. The van der Waals surface area contributed by atoms with Gasteiger partial charge in [0, 0.05) is 23.9 Å². The monoisotopic (exact) mass is 497 g/mol. The normalized spacial score (nSPS) is 14.3. The number of benzene rings is 1. The van der Waals surface area contributed by atoms with Gasteiger partial charge in [-0.15, -0.1) is 0 Å². The molecule has 10 heteroatoms. The van der Waals surface area contributed by atoms with Gasteiger partial charge in [0.2, 0.25) is 15.8 Å². The van der Waals surface area contributed by atoms with E-state index >= 15 is 0 Å². The molecule has 2 aromatic heterocycles. The van der Waals surface area contributed by atoms with E-state index in [2.05, 4.69) is 9.71 Å². The molecule has 0 aliphatic heterocycles. The van der Waals surface area contributed by atoms with Crippen LogP contribution in [0.1, 0.15) is 58.0 Å². The number of rotatable bonds is 10. The van der Waals surface area contributed by atoms with Crippen LogP contribution in [-0.2, 0) is 21.3 Å². The number of hydrogen-bond donors (Lipinski definition) is 1. The zero-order valence-electron chi connectivity index (χ0n) is 19.5. The minimum atomic E-state index is -3.75. The summed E-state index contributed by atoms with van der Waals surface area (Å²) in [6.07, 6.45) is 5.02. The van der Waals surface area contributed by atoms with Crippen LogP contribution in [0.15, 0.2) is 70.3 Å². The summed E-state index contributed by atoms with van der Waals surface area (Å²) in [6, 6.07) is 12.4. The second-order valence-corrected chi connectivity index (χ2v) is 10.2. The van der Waals surface area contributed by atoms with Gasteiger partial charge in [0.1, 0.15) is 0 Å². The van der Waals surface area contributed by atoms with Gasteiger partial charge < -0.3 is 14.1 Å². The number of sulfonamides is 1. The average molecular weight is 498 g/mol. The summed E-state index contributed by atoms with van der Waals surface area (Å²) in [5.74, 6) is -0.695. The van der Waals surface area contributed by atoms with Crippen LogP contribution in [0.4, 0.5) is 0 Å². The molecule has 1 unspecified atom stereocenters. The number of furan rings is 1. The fourth-order valence-corrected chi connectivity index (χ4v) is 4.84. The fourth-order valence-electron chi connectivity index (χ4n) is 3.68. The zero-order chi connectivity index (χ0) is 25.0. The molecule has 3 aromatic rings. The maximum Gasteiger partial charge on any atom is 0.374 e. The van der Waals surface area contributed by atoms with Crippen LogP contribution in [0, 0.1) is 5.92 Å². The Bertz CT molecular complexity index is 1300. The minimum Gasteiger partial charge on any atom is -0.463 e. The van der Waals surface area contributed by atoms with Crippen molar-refractivity contribution in [3.8, 4) is 0 Å². The Balaban J connectivity index is 1.66. The molecular weight excluding hydrogens is 470 g/mol. The highest BCUT2D eigenvalue weighted by Gasteiger charge is 2.29. The maximum absolute atomic E-state index is 13.7. The van der Waals surface area contributed by atoms with Crippen LogP contribution in [0.2, 0.25) is 0 Å². The molecule has 0 radical (unpaired) electrons. The van der Waals surface area contributed by atoms with Crippen molar-refractivity contribution in [3.63, 3.8) is 0 Å². The molecule has 1 aromatic carbocycles. The molecule has 1 N–H and O–H groups in total. The third kappa shape index (κ3) is 5.77. The van der Waals surface area contributed by atoms with Crippen molar-refractivity contribution >= 4 is 21.9 Å². The van der Waals surface area contributed by atoms with Crippen LogP contribution in [0.25, 0.3) is 0 Å². The van der Waals surface area contributed by atoms with E-state index in [0.717, 1.165) is 12.8 Å². The van der Waals surface area contributed by atoms with E-state index in [1.165, 1.54) is 30.4 Å². The first-order chi connectivity index (χ1) is 16.8. The number of carbonyl (C=O) groups is 2. The molecule has 0 spiro atoms. The summed E-state index contributed by atoms with van der Waals surface area (Å²) in [5.41, 5.74) is 1.30. The topological polar surface area (TPSA) is 119 Å². The number of hydrogen-bond acceptors (Lipinski definition) is 7. The largest absolute Gasteiger partial charge is 0.463 e. The SMILES string of the molecule is COC(=O)c1occc1CN(C(=O)c1cccc(S(=O)(=O)NCC2CC2)c1)C(C)c1ccccn1. The van der Waals surface area contributed by atoms with E-state index in [1.807, 2.05) is 13.0 Å². The molecule has 0 saturated heterocycles. The lowest BCUT2D eigenvalue weighted by Crippen LogP contribution is -2.34. The number of aromatic nitrogens is 1. The molecule has 2 heterocycles. The number of nitrogens with one attached hydrogen (secondary N) is 1. The van der Waals surface area contributed by atoms with E-state index < -0.39 is 27.9 Å². The summed E-state index contributed by atoms with van der Waals surface area (Å²) in [4.78, 5) is 31.8. The van der Waals surface area contributed by atoms with Crippen LogP contribution in [0.3, 0.4) is 0 Å². The lowest BCUT2D eigenvalue weighted by molar-refractivity contribution is 0.0552. The first kappa shape index (κ1) is 24.6. The number of pyridine rings is 1. The second-order valence-electron chi connectivity index (χ2n) is 8.45. The predicted octanol–water partition coefficient (Wildman–Crippen LogP) is 3.55. The second kappa shape index (κ2) is 10.4. The molecule has 4 rings (SSSR count). The molecule has 1 saturated carbocycles. The lowest BCUT2D eigenvalue weighted by atomic mass is 10.1. The van der Waals surface area contributed by atoms with Gasteiger partial charge in [-0.05, 0) is 62.1 Å². The molecule has 1 aliphatic carbocycles. The van der Waals surface area contributed by atoms with Crippen molar-refractivity contribution < 1.29 is 27.2 Å². The maximum atomic E-state index is 13.7. The van der Waals surface area contributed by atoms with E-state index in [0.29, 0.717) is 23.7 Å². The van der Waals surface area contributed by atoms with Gasteiger partial charge in [0.15, 0.2) is 0 Å². The highest BCUT2D eigenvalue weighted by atomic mass is 32.2. The van der Waals surface area contributed by atoms with Crippen molar-refractivity contribution in [2.45, 2.75) is 37.2 Å². The van der Waals surface area contributed by atoms with Crippen LogP contribution in [0.5, 0.6) is 0 Å². The molecule has 184 valence electrons. The number of methoxy groups -OCH3 is 1. The van der Waals surface area contributed by atoms with Crippen LogP contribution in [-0.4, -0.2) is 43.8 Å². The highest BCUT2D eigenvalue weighted by Crippen LogP contribution is 2.29. The van der Waals surface area contributed by atoms with E-state index in [1.54, 1.807) is 36.5 Å². The zero-order valence-corrected chi connectivity index (χ0v) is 20.3. The van der Waals surface area contributed by atoms with Crippen molar-refractivity contribution in [3.05, 3.63) is 83.6 Å². The van der Waals surface area contributed by atoms with Gasteiger partial charge in [-0.3, -0.25) is 9.78 Å². The van der Waals surface area contributed by atoms with Gasteiger partial charge in [-0.1, -0.05) is 12.1 Å². The summed E-state index contributed by atoms with van der Waals surface area (Å²) in [5, 5.41) is 0. The quantitative estimate of drug-likeness (QED) is 0.426.